The normalized spacial score (nSPS) is 10.6. The molecule has 0 saturated heterocycles. The summed E-state index contributed by atoms with van der Waals surface area (Å²) in [6.07, 6.45) is 0.682. The number of carbonyl (C=O) groups is 1. The van der Waals surface area contributed by atoms with Crippen molar-refractivity contribution in [2.45, 2.75) is 13.3 Å². The van der Waals surface area contributed by atoms with Gasteiger partial charge >= 0.3 is 0 Å². The number of benzene rings is 2. The van der Waals surface area contributed by atoms with E-state index in [0.717, 1.165) is 16.1 Å². The topological polar surface area (TPSA) is 60.5 Å². The summed E-state index contributed by atoms with van der Waals surface area (Å²) in [6, 6.07) is 13.2. The molecule has 0 atom stereocenters. The lowest BCUT2D eigenvalue weighted by molar-refractivity contribution is 0.0957. The van der Waals surface area contributed by atoms with E-state index in [9.17, 15) is 4.79 Å². The Balaban J connectivity index is 1.65. The van der Waals surface area contributed by atoms with Gasteiger partial charge in [0.1, 0.15) is 9.88 Å². The van der Waals surface area contributed by atoms with Crippen LogP contribution in [0.3, 0.4) is 0 Å². The predicted molar refractivity (Wildman–Crippen MR) is 113 cm³/mol. The number of nitrogens with zero attached hydrogens (tertiary/aromatic N) is 1. The third kappa shape index (κ3) is 4.46. The fraction of sp³-hybridized carbons (Fsp3) is 0.238. The van der Waals surface area contributed by atoms with Gasteiger partial charge in [-0.15, -0.1) is 11.3 Å². The zero-order valence-corrected chi connectivity index (χ0v) is 17.5. The molecule has 0 saturated carbocycles. The van der Waals surface area contributed by atoms with Gasteiger partial charge in [0.15, 0.2) is 11.5 Å². The first-order valence-corrected chi connectivity index (χ1v) is 9.94. The zero-order valence-electron chi connectivity index (χ0n) is 15.9. The number of rotatable bonds is 7. The number of carbonyl (C=O) groups excluding carboxylic acids is 1. The Hall–Kier alpha value is -2.57. The van der Waals surface area contributed by atoms with Gasteiger partial charge in [0.25, 0.3) is 5.91 Å². The maximum Gasteiger partial charge on any atom is 0.263 e. The molecular weight excluding hydrogens is 396 g/mol. The summed E-state index contributed by atoms with van der Waals surface area (Å²) < 4.78 is 10.6. The van der Waals surface area contributed by atoms with Crippen molar-refractivity contribution in [3.05, 3.63) is 63.6 Å². The molecule has 1 heterocycles. The molecule has 2 aromatic carbocycles. The van der Waals surface area contributed by atoms with Crippen molar-refractivity contribution >= 4 is 28.8 Å². The van der Waals surface area contributed by atoms with E-state index in [2.05, 4.69) is 10.3 Å². The van der Waals surface area contributed by atoms with Crippen LogP contribution in [0.5, 0.6) is 11.5 Å². The smallest absolute Gasteiger partial charge is 0.263 e. The van der Waals surface area contributed by atoms with Crippen LogP contribution in [-0.4, -0.2) is 31.7 Å². The summed E-state index contributed by atoms with van der Waals surface area (Å²) in [6.45, 7) is 2.34. The Morgan fingerprint density at radius 3 is 2.61 bits per heavy atom. The highest BCUT2D eigenvalue weighted by atomic mass is 35.5. The van der Waals surface area contributed by atoms with Crippen molar-refractivity contribution in [3.63, 3.8) is 0 Å². The van der Waals surface area contributed by atoms with E-state index in [-0.39, 0.29) is 5.91 Å². The van der Waals surface area contributed by atoms with Crippen molar-refractivity contribution < 1.29 is 14.3 Å². The van der Waals surface area contributed by atoms with E-state index in [1.807, 2.05) is 49.4 Å². The highest BCUT2D eigenvalue weighted by molar-refractivity contribution is 7.17. The van der Waals surface area contributed by atoms with Crippen LogP contribution in [0, 0.1) is 6.92 Å². The molecule has 0 spiro atoms. The minimum absolute atomic E-state index is 0.131. The number of hydrogen-bond donors (Lipinski definition) is 1. The largest absolute Gasteiger partial charge is 0.493 e. The standard InChI is InChI=1S/C21H21ClN2O3S/c1-13-19(28-21(24-13)15-6-4-5-7-16(15)22)20(25)23-11-10-14-8-9-17(26-2)18(12-14)27-3/h4-9,12H,10-11H2,1-3H3,(H,23,25). The second-order valence-electron chi connectivity index (χ2n) is 6.11. The van der Waals surface area contributed by atoms with Crippen molar-refractivity contribution in [3.8, 4) is 22.1 Å². The van der Waals surface area contributed by atoms with Gasteiger partial charge in [0.05, 0.1) is 24.9 Å². The Morgan fingerprint density at radius 1 is 1.14 bits per heavy atom. The van der Waals surface area contributed by atoms with Crippen LogP contribution in [0.25, 0.3) is 10.6 Å². The zero-order chi connectivity index (χ0) is 20.1. The maximum absolute atomic E-state index is 12.6. The van der Waals surface area contributed by atoms with E-state index >= 15 is 0 Å². The van der Waals surface area contributed by atoms with Crippen LogP contribution in [-0.2, 0) is 6.42 Å². The summed E-state index contributed by atoms with van der Waals surface area (Å²) in [5.74, 6) is 1.23. The van der Waals surface area contributed by atoms with Gasteiger partial charge in [-0.05, 0) is 37.1 Å². The van der Waals surface area contributed by atoms with E-state index in [1.165, 1.54) is 11.3 Å². The van der Waals surface area contributed by atoms with Gasteiger partial charge in [0, 0.05) is 12.1 Å². The monoisotopic (exact) mass is 416 g/mol. The Morgan fingerprint density at radius 2 is 1.89 bits per heavy atom. The van der Waals surface area contributed by atoms with Crippen LogP contribution < -0.4 is 14.8 Å². The van der Waals surface area contributed by atoms with E-state index in [0.29, 0.717) is 40.1 Å². The molecule has 1 amide bonds. The number of aromatic nitrogens is 1. The minimum atomic E-state index is -0.131. The number of thiazole rings is 1. The van der Waals surface area contributed by atoms with E-state index in [1.54, 1.807) is 14.2 Å². The number of hydrogen-bond acceptors (Lipinski definition) is 5. The fourth-order valence-electron chi connectivity index (χ4n) is 2.79. The Kier molecular flexibility index (Phi) is 6.54. The summed E-state index contributed by atoms with van der Waals surface area (Å²) in [4.78, 5) is 17.7. The average Bonchev–Trinajstić information content (AvgIpc) is 3.09. The molecule has 0 fully saturated rings. The molecule has 0 aliphatic heterocycles. The van der Waals surface area contributed by atoms with Crippen LogP contribution >= 0.6 is 22.9 Å². The molecular formula is C21H21ClN2O3S. The number of methoxy groups -OCH3 is 2. The number of amides is 1. The number of halogens is 1. The lowest BCUT2D eigenvalue weighted by Gasteiger charge is -2.10. The highest BCUT2D eigenvalue weighted by Gasteiger charge is 2.17. The molecule has 0 unspecified atom stereocenters. The lowest BCUT2D eigenvalue weighted by Crippen LogP contribution is -2.25. The number of ether oxygens (including phenoxy) is 2. The molecule has 7 heteroatoms. The van der Waals surface area contributed by atoms with Crippen molar-refractivity contribution in [2.75, 3.05) is 20.8 Å². The van der Waals surface area contributed by atoms with Crippen LogP contribution in [0.2, 0.25) is 5.02 Å². The average molecular weight is 417 g/mol. The SMILES string of the molecule is COc1ccc(CCNC(=O)c2sc(-c3ccccc3Cl)nc2C)cc1OC. The molecule has 146 valence electrons. The summed E-state index contributed by atoms with van der Waals surface area (Å²) in [5.41, 5.74) is 2.58. The first kappa shape index (κ1) is 20.2. The third-order valence-corrected chi connectivity index (χ3v) is 5.77. The van der Waals surface area contributed by atoms with Crippen LogP contribution in [0.15, 0.2) is 42.5 Å². The fourth-order valence-corrected chi connectivity index (χ4v) is 4.10. The summed E-state index contributed by atoms with van der Waals surface area (Å²) in [7, 11) is 3.21. The van der Waals surface area contributed by atoms with Gasteiger partial charge in [-0.3, -0.25) is 4.79 Å². The molecule has 3 aromatic rings. The van der Waals surface area contributed by atoms with E-state index in [4.69, 9.17) is 21.1 Å². The van der Waals surface area contributed by atoms with Gasteiger partial charge in [-0.25, -0.2) is 4.98 Å². The van der Waals surface area contributed by atoms with Gasteiger partial charge in [0.2, 0.25) is 0 Å². The summed E-state index contributed by atoms with van der Waals surface area (Å²) in [5, 5.41) is 4.33. The maximum atomic E-state index is 12.6. The first-order chi connectivity index (χ1) is 13.5. The second kappa shape index (κ2) is 9.08. The Labute approximate surface area is 173 Å². The highest BCUT2D eigenvalue weighted by Crippen LogP contribution is 2.32. The molecule has 1 aromatic heterocycles. The van der Waals surface area contributed by atoms with Gasteiger partial charge in [-0.2, -0.15) is 0 Å². The molecule has 0 radical (unpaired) electrons. The Bertz CT molecular complexity index is 988. The minimum Gasteiger partial charge on any atom is -0.493 e. The number of aryl methyl sites for hydroxylation is 1. The molecule has 0 aliphatic rings. The van der Waals surface area contributed by atoms with Crippen LogP contribution in [0.4, 0.5) is 0 Å². The predicted octanol–water partition coefficient (Wildman–Crippen LogP) is 4.76. The van der Waals surface area contributed by atoms with Crippen molar-refractivity contribution in [2.24, 2.45) is 0 Å². The lowest BCUT2D eigenvalue weighted by atomic mass is 10.1. The first-order valence-electron chi connectivity index (χ1n) is 8.75. The molecule has 28 heavy (non-hydrogen) atoms. The second-order valence-corrected chi connectivity index (χ2v) is 7.51. The molecule has 0 aliphatic carbocycles. The quantitative estimate of drug-likeness (QED) is 0.603. The third-order valence-electron chi connectivity index (χ3n) is 4.25. The van der Waals surface area contributed by atoms with Gasteiger partial charge in [-0.1, -0.05) is 35.9 Å². The summed E-state index contributed by atoms with van der Waals surface area (Å²) >= 11 is 7.59. The van der Waals surface area contributed by atoms with E-state index < -0.39 is 0 Å². The van der Waals surface area contributed by atoms with Crippen molar-refractivity contribution in [1.29, 1.82) is 0 Å². The molecule has 5 nitrogen and oxygen atoms in total. The van der Waals surface area contributed by atoms with Crippen molar-refractivity contribution in [1.82, 2.24) is 10.3 Å². The van der Waals surface area contributed by atoms with Gasteiger partial charge < -0.3 is 14.8 Å². The van der Waals surface area contributed by atoms with Crippen LogP contribution in [0.1, 0.15) is 20.9 Å². The molecule has 0 bridgehead atoms. The number of nitrogens with one attached hydrogen (secondary N) is 1. The molecule has 3 rings (SSSR count). The molecule has 1 N–H and O–H groups in total.